The maximum absolute atomic E-state index is 13.5. The summed E-state index contributed by atoms with van der Waals surface area (Å²) in [5.41, 5.74) is 1.17. The van der Waals surface area contributed by atoms with E-state index < -0.39 is 5.82 Å². The highest BCUT2D eigenvalue weighted by Gasteiger charge is 2.19. The van der Waals surface area contributed by atoms with Crippen LogP contribution in [0.2, 0.25) is 0 Å². The molecular weight excluding hydrogens is 347 g/mol. The molecule has 0 fully saturated rings. The first-order valence-corrected chi connectivity index (χ1v) is 9.13. The van der Waals surface area contributed by atoms with Crippen LogP contribution in [0.1, 0.15) is 28.9 Å². The Hall–Kier alpha value is -2.96. The van der Waals surface area contributed by atoms with Crippen molar-refractivity contribution in [3.05, 3.63) is 59.5 Å². The molecule has 2 bridgehead atoms. The minimum atomic E-state index is -0.471. The van der Waals surface area contributed by atoms with Gasteiger partial charge < -0.3 is 15.5 Å². The molecule has 2 heterocycles. The average molecular weight is 370 g/mol. The molecule has 6 nitrogen and oxygen atoms in total. The van der Waals surface area contributed by atoms with E-state index in [4.69, 9.17) is 0 Å². The molecule has 0 unspecified atom stereocenters. The molecule has 1 aliphatic heterocycles. The summed E-state index contributed by atoms with van der Waals surface area (Å²) in [6.07, 6.45) is 2.09. The van der Waals surface area contributed by atoms with Crippen LogP contribution < -0.4 is 10.6 Å². The summed E-state index contributed by atoms with van der Waals surface area (Å²) in [6, 6.07) is 11.4. The summed E-state index contributed by atoms with van der Waals surface area (Å²) in [6.45, 7) is 1.55. The van der Waals surface area contributed by atoms with Crippen LogP contribution >= 0.6 is 0 Å². The third-order valence-electron chi connectivity index (χ3n) is 4.34. The van der Waals surface area contributed by atoms with Crippen LogP contribution in [0.25, 0.3) is 0 Å². The van der Waals surface area contributed by atoms with Crippen LogP contribution in [0.5, 0.6) is 0 Å². The number of fused-ring (bicyclic) bond motifs is 2. The summed E-state index contributed by atoms with van der Waals surface area (Å²) in [7, 11) is 0. The van der Waals surface area contributed by atoms with Gasteiger partial charge in [0.05, 0.1) is 6.54 Å². The van der Waals surface area contributed by atoms with E-state index in [1.807, 2.05) is 18.2 Å². The minimum absolute atomic E-state index is 0.0454. The number of aryl methyl sites for hydroxylation is 1. The average Bonchev–Trinajstić information content (AvgIpc) is 2.66. The van der Waals surface area contributed by atoms with Crippen molar-refractivity contribution in [1.82, 2.24) is 15.2 Å². The molecule has 1 aliphatic rings. The van der Waals surface area contributed by atoms with E-state index in [-0.39, 0.29) is 23.9 Å². The normalized spacial score (nSPS) is 16.0. The van der Waals surface area contributed by atoms with Gasteiger partial charge in [-0.1, -0.05) is 12.1 Å². The van der Waals surface area contributed by atoms with Crippen LogP contribution in [-0.2, 0) is 11.2 Å². The zero-order valence-electron chi connectivity index (χ0n) is 15.1. The first-order chi connectivity index (χ1) is 13.1. The zero-order chi connectivity index (χ0) is 19.1. The van der Waals surface area contributed by atoms with Gasteiger partial charge in [0.25, 0.3) is 5.91 Å². The van der Waals surface area contributed by atoms with Gasteiger partial charge in [-0.15, -0.1) is 0 Å². The van der Waals surface area contributed by atoms with Crippen molar-refractivity contribution >= 4 is 17.6 Å². The quantitative estimate of drug-likeness (QED) is 0.807. The first kappa shape index (κ1) is 18.8. The second kappa shape index (κ2) is 9.12. The SMILES string of the molecule is O=C1CN(C(=O)c2cccc(F)c2)CCCc2cccc(n2)NCCCN1. The van der Waals surface area contributed by atoms with Crippen LogP contribution in [0, 0.1) is 5.82 Å². The Bertz CT molecular complexity index is 812. The van der Waals surface area contributed by atoms with Crippen molar-refractivity contribution in [2.75, 3.05) is 31.5 Å². The molecule has 7 heteroatoms. The van der Waals surface area contributed by atoms with E-state index in [0.717, 1.165) is 17.9 Å². The van der Waals surface area contributed by atoms with Crippen molar-refractivity contribution in [3.63, 3.8) is 0 Å². The Morgan fingerprint density at radius 3 is 2.74 bits per heavy atom. The largest absolute Gasteiger partial charge is 0.370 e. The van der Waals surface area contributed by atoms with Gasteiger partial charge in [0.2, 0.25) is 5.91 Å². The van der Waals surface area contributed by atoms with Gasteiger partial charge in [0.1, 0.15) is 11.6 Å². The van der Waals surface area contributed by atoms with Gasteiger partial charge in [-0.3, -0.25) is 9.59 Å². The molecule has 2 aromatic rings. The number of pyridine rings is 1. The number of aromatic nitrogens is 1. The van der Waals surface area contributed by atoms with E-state index in [2.05, 4.69) is 15.6 Å². The number of hydrogen-bond donors (Lipinski definition) is 2. The van der Waals surface area contributed by atoms with Gasteiger partial charge >= 0.3 is 0 Å². The van der Waals surface area contributed by atoms with Crippen molar-refractivity contribution in [2.45, 2.75) is 19.3 Å². The molecule has 0 saturated heterocycles. The maximum atomic E-state index is 13.5. The fourth-order valence-corrected chi connectivity index (χ4v) is 2.99. The third-order valence-corrected chi connectivity index (χ3v) is 4.34. The predicted molar refractivity (Wildman–Crippen MR) is 101 cm³/mol. The van der Waals surface area contributed by atoms with E-state index in [1.165, 1.54) is 23.1 Å². The van der Waals surface area contributed by atoms with Gasteiger partial charge in [-0.25, -0.2) is 9.37 Å². The van der Waals surface area contributed by atoms with Gasteiger partial charge in [0, 0.05) is 30.9 Å². The van der Waals surface area contributed by atoms with Crippen LogP contribution in [-0.4, -0.2) is 47.9 Å². The second-order valence-electron chi connectivity index (χ2n) is 6.49. The van der Waals surface area contributed by atoms with Gasteiger partial charge in [-0.2, -0.15) is 0 Å². The van der Waals surface area contributed by atoms with Crippen LogP contribution in [0.4, 0.5) is 10.2 Å². The summed E-state index contributed by atoms with van der Waals surface area (Å²) in [5, 5.41) is 6.07. The van der Waals surface area contributed by atoms with Crippen molar-refractivity contribution in [2.24, 2.45) is 0 Å². The fourth-order valence-electron chi connectivity index (χ4n) is 2.99. The standard InChI is InChI=1S/C20H23FN4O2/c21-16-6-1-5-15(13-16)20(27)25-12-3-8-17-7-2-9-18(24-17)22-10-4-11-23-19(26)14-25/h1-2,5-7,9,13H,3-4,8,10-12,14H2,(H,22,24)(H,23,26). The number of nitrogens with zero attached hydrogens (tertiary/aromatic N) is 2. The fraction of sp³-hybridized carbons (Fsp3) is 0.350. The van der Waals surface area contributed by atoms with Crippen LogP contribution in [0.3, 0.4) is 0 Å². The van der Waals surface area contributed by atoms with E-state index >= 15 is 0 Å². The summed E-state index contributed by atoms with van der Waals surface area (Å²) in [5.74, 6) is -0.224. The third kappa shape index (κ3) is 5.51. The molecule has 2 amide bonds. The molecular formula is C20H23FN4O2. The van der Waals surface area contributed by atoms with E-state index in [0.29, 0.717) is 32.5 Å². The van der Waals surface area contributed by atoms with E-state index in [1.54, 1.807) is 6.07 Å². The van der Waals surface area contributed by atoms with Crippen LogP contribution in [0.15, 0.2) is 42.5 Å². The van der Waals surface area contributed by atoms with Gasteiger partial charge in [0.15, 0.2) is 0 Å². The predicted octanol–water partition coefficient (Wildman–Crippen LogP) is 2.23. The summed E-state index contributed by atoms with van der Waals surface area (Å²) in [4.78, 5) is 31.0. The molecule has 0 spiro atoms. The number of halogens is 1. The lowest BCUT2D eigenvalue weighted by Crippen LogP contribution is -2.42. The van der Waals surface area contributed by atoms with Crippen molar-refractivity contribution < 1.29 is 14.0 Å². The first-order valence-electron chi connectivity index (χ1n) is 9.13. The molecule has 0 saturated carbocycles. The van der Waals surface area contributed by atoms with E-state index in [9.17, 15) is 14.0 Å². The number of anilines is 1. The topological polar surface area (TPSA) is 74.3 Å². The number of carbonyl (C=O) groups is 2. The van der Waals surface area contributed by atoms with Gasteiger partial charge in [-0.05, 0) is 49.6 Å². The number of hydrogen-bond acceptors (Lipinski definition) is 4. The Morgan fingerprint density at radius 1 is 1.07 bits per heavy atom. The monoisotopic (exact) mass is 370 g/mol. The highest BCUT2D eigenvalue weighted by atomic mass is 19.1. The Labute approximate surface area is 157 Å². The summed E-state index contributed by atoms with van der Waals surface area (Å²) >= 11 is 0. The second-order valence-corrected chi connectivity index (χ2v) is 6.49. The minimum Gasteiger partial charge on any atom is -0.370 e. The highest BCUT2D eigenvalue weighted by molar-refractivity contribution is 5.96. The Balaban J connectivity index is 1.75. The molecule has 1 aromatic heterocycles. The molecule has 2 N–H and O–H groups in total. The van der Waals surface area contributed by atoms with Crippen molar-refractivity contribution in [1.29, 1.82) is 0 Å². The number of benzene rings is 1. The highest BCUT2D eigenvalue weighted by Crippen LogP contribution is 2.11. The summed E-state index contributed by atoms with van der Waals surface area (Å²) < 4.78 is 13.5. The lowest BCUT2D eigenvalue weighted by molar-refractivity contribution is -0.121. The number of carbonyl (C=O) groups excluding carboxylic acids is 2. The lowest BCUT2D eigenvalue weighted by atomic mass is 10.1. The smallest absolute Gasteiger partial charge is 0.254 e. The molecule has 0 aliphatic carbocycles. The number of nitrogens with one attached hydrogen (secondary N) is 2. The Morgan fingerprint density at radius 2 is 1.89 bits per heavy atom. The molecule has 142 valence electrons. The number of rotatable bonds is 1. The molecule has 1 aromatic carbocycles. The van der Waals surface area contributed by atoms with Crippen molar-refractivity contribution in [3.8, 4) is 0 Å². The Kier molecular flexibility index (Phi) is 6.35. The number of amides is 2. The molecule has 3 rings (SSSR count). The molecule has 27 heavy (non-hydrogen) atoms. The maximum Gasteiger partial charge on any atom is 0.254 e. The molecule has 0 atom stereocenters. The molecule has 0 radical (unpaired) electrons. The lowest BCUT2D eigenvalue weighted by Gasteiger charge is -2.23. The zero-order valence-corrected chi connectivity index (χ0v) is 15.1.